The first-order chi connectivity index (χ1) is 12.1. The highest BCUT2D eigenvalue weighted by Gasteiger charge is 2.53. The van der Waals surface area contributed by atoms with E-state index in [-0.39, 0.29) is 18.5 Å². The second kappa shape index (κ2) is 5.92. The van der Waals surface area contributed by atoms with Crippen LogP contribution in [0.1, 0.15) is 29.5 Å². The van der Waals surface area contributed by atoms with Gasteiger partial charge < -0.3 is 10.1 Å². The third kappa shape index (κ3) is 2.47. The molecule has 2 aliphatic rings. The van der Waals surface area contributed by atoms with Crippen molar-refractivity contribution in [2.45, 2.75) is 31.3 Å². The number of benzene rings is 2. The molecule has 3 amide bonds. The molecule has 0 bridgehead atoms. The van der Waals surface area contributed by atoms with Gasteiger partial charge in [0.25, 0.3) is 5.91 Å². The Morgan fingerprint density at radius 2 is 2.00 bits per heavy atom. The Kier molecular flexibility index (Phi) is 3.71. The number of hydrogen-bond acceptors (Lipinski definition) is 3. The van der Waals surface area contributed by atoms with Crippen molar-refractivity contribution in [1.82, 2.24) is 10.2 Å². The molecule has 5 nitrogen and oxygen atoms in total. The molecule has 0 radical (unpaired) electrons. The molecule has 0 aromatic heterocycles. The molecule has 1 heterocycles. The smallest absolute Gasteiger partial charge is 0.325 e. The van der Waals surface area contributed by atoms with Crippen LogP contribution in [-0.2, 0) is 23.3 Å². The summed E-state index contributed by atoms with van der Waals surface area (Å²) in [6.45, 7) is 0.242. The number of carbonyl (C=O) groups is 2. The van der Waals surface area contributed by atoms with Crippen LogP contribution in [0.2, 0.25) is 0 Å². The third-order valence-corrected chi connectivity index (χ3v) is 5.13. The summed E-state index contributed by atoms with van der Waals surface area (Å²) < 4.78 is 5.23. The Balaban J connectivity index is 1.67. The van der Waals surface area contributed by atoms with Gasteiger partial charge in [0, 0.05) is 0 Å². The summed E-state index contributed by atoms with van der Waals surface area (Å²) in [4.78, 5) is 27.1. The zero-order chi connectivity index (χ0) is 17.4. The average Bonchev–Trinajstić information content (AvgIpc) is 2.87. The van der Waals surface area contributed by atoms with E-state index in [1.807, 2.05) is 48.5 Å². The van der Waals surface area contributed by atoms with Crippen LogP contribution < -0.4 is 10.1 Å². The predicted octanol–water partition coefficient (Wildman–Crippen LogP) is 2.98. The monoisotopic (exact) mass is 336 g/mol. The van der Waals surface area contributed by atoms with Gasteiger partial charge in [-0.3, -0.25) is 9.69 Å². The summed E-state index contributed by atoms with van der Waals surface area (Å²) in [5.74, 6) is 0.551. The van der Waals surface area contributed by atoms with Crippen molar-refractivity contribution in [2.24, 2.45) is 0 Å². The van der Waals surface area contributed by atoms with Gasteiger partial charge in [-0.1, -0.05) is 36.4 Å². The van der Waals surface area contributed by atoms with E-state index in [1.54, 1.807) is 7.11 Å². The minimum absolute atomic E-state index is 0.160. The van der Waals surface area contributed by atoms with E-state index in [0.29, 0.717) is 12.2 Å². The van der Waals surface area contributed by atoms with Crippen molar-refractivity contribution < 1.29 is 14.3 Å². The van der Waals surface area contributed by atoms with E-state index < -0.39 is 5.54 Å². The molecular weight excluding hydrogens is 316 g/mol. The highest BCUT2D eigenvalue weighted by Crippen LogP contribution is 2.40. The van der Waals surface area contributed by atoms with Gasteiger partial charge in [-0.05, 0) is 48.1 Å². The third-order valence-electron chi connectivity index (χ3n) is 5.13. The fourth-order valence-corrected chi connectivity index (χ4v) is 3.91. The minimum Gasteiger partial charge on any atom is -0.497 e. The van der Waals surface area contributed by atoms with Crippen molar-refractivity contribution in [1.29, 1.82) is 0 Å². The van der Waals surface area contributed by atoms with Gasteiger partial charge in [0.15, 0.2) is 0 Å². The highest BCUT2D eigenvalue weighted by atomic mass is 16.5. The van der Waals surface area contributed by atoms with Gasteiger partial charge in [-0.25, -0.2) is 4.79 Å². The summed E-state index contributed by atoms with van der Waals surface area (Å²) >= 11 is 0. The molecule has 1 fully saturated rings. The summed E-state index contributed by atoms with van der Waals surface area (Å²) in [6.07, 6.45) is 2.47. The second-order valence-corrected chi connectivity index (χ2v) is 6.59. The number of rotatable bonds is 3. The van der Waals surface area contributed by atoms with Crippen LogP contribution in [0.15, 0.2) is 48.5 Å². The maximum Gasteiger partial charge on any atom is 0.325 e. The Labute approximate surface area is 146 Å². The number of aryl methyl sites for hydroxylation is 1. The molecule has 1 atom stereocenters. The summed E-state index contributed by atoms with van der Waals surface area (Å²) in [6, 6.07) is 15.0. The van der Waals surface area contributed by atoms with Crippen LogP contribution in [-0.4, -0.2) is 23.9 Å². The fourth-order valence-electron chi connectivity index (χ4n) is 3.91. The molecule has 1 saturated heterocycles. The number of hydrogen-bond donors (Lipinski definition) is 1. The van der Waals surface area contributed by atoms with Crippen molar-refractivity contribution in [3.05, 3.63) is 65.2 Å². The molecule has 0 saturated carbocycles. The van der Waals surface area contributed by atoms with Crippen LogP contribution in [0.3, 0.4) is 0 Å². The van der Waals surface area contributed by atoms with Gasteiger partial charge in [-0.2, -0.15) is 0 Å². The molecular formula is C20H20N2O3. The van der Waals surface area contributed by atoms with E-state index in [4.69, 9.17) is 4.74 Å². The van der Waals surface area contributed by atoms with Gasteiger partial charge in [0.05, 0.1) is 13.7 Å². The number of imide groups is 1. The zero-order valence-electron chi connectivity index (χ0n) is 14.1. The van der Waals surface area contributed by atoms with Crippen LogP contribution in [0.5, 0.6) is 5.75 Å². The topological polar surface area (TPSA) is 58.6 Å². The molecule has 0 unspecified atom stereocenters. The Morgan fingerprint density at radius 3 is 2.84 bits per heavy atom. The van der Waals surface area contributed by atoms with Crippen LogP contribution >= 0.6 is 0 Å². The molecule has 1 aliphatic heterocycles. The van der Waals surface area contributed by atoms with Gasteiger partial charge in [-0.15, -0.1) is 0 Å². The predicted molar refractivity (Wildman–Crippen MR) is 93.1 cm³/mol. The Hall–Kier alpha value is -2.82. The molecule has 1 spiro atoms. The Morgan fingerprint density at radius 1 is 1.16 bits per heavy atom. The molecule has 1 N–H and O–H groups in total. The molecule has 25 heavy (non-hydrogen) atoms. The summed E-state index contributed by atoms with van der Waals surface area (Å²) in [7, 11) is 1.60. The molecule has 128 valence electrons. The van der Waals surface area contributed by atoms with Crippen molar-refractivity contribution in [3.63, 3.8) is 0 Å². The number of ether oxygens (including phenoxy) is 1. The van der Waals surface area contributed by atoms with Crippen LogP contribution in [0, 0.1) is 0 Å². The molecule has 5 heteroatoms. The average molecular weight is 336 g/mol. The molecule has 2 aromatic carbocycles. The maximum atomic E-state index is 13.2. The molecule has 1 aliphatic carbocycles. The van der Waals surface area contributed by atoms with E-state index in [2.05, 4.69) is 5.32 Å². The SMILES string of the molecule is COc1cccc(CN2C(=O)N[C@]3(CCCc4ccccc43)C2=O)c1. The first-order valence-electron chi connectivity index (χ1n) is 8.49. The van der Waals surface area contributed by atoms with E-state index in [0.717, 1.165) is 29.5 Å². The van der Waals surface area contributed by atoms with Gasteiger partial charge in [0.1, 0.15) is 11.3 Å². The largest absolute Gasteiger partial charge is 0.497 e. The quantitative estimate of drug-likeness (QED) is 0.877. The maximum absolute atomic E-state index is 13.2. The number of methoxy groups -OCH3 is 1. The van der Waals surface area contributed by atoms with Crippen molar-refractivity contribution in [3.8, 4) is 5.75 Å². The number of fused-ring (bicyclic) bond motifs is 2. The minimum atomic E-state index is -0.912. The second-order valence-electron chi connectivity index (χ2n) is 6.59. The highest BCUT2D eigenvalue weighted by molar-refractivity contribution is 6.07. The first-order valence-corrected chi connectivity index (χ1v) is 8.49. The van der Waals surface area contributed by atoms with Crippen molar-refractivity contribution in [2.75, 3.05) is 7.11 Å². The van der Waals surface area contributed by atoms with E-state index >= 15 is 0 Å². The number of nitrogens with one attached hydrogen (secondary N) is 1. The lowest BCUT2D eigenvalue weighted by Gasteiger charge is -2.33. The molecule has 2 aromatic rings. The van der Waals surface area contributed by atoms with Crippen molar-refractivity contribution >= 4 is 11.9 Å². The first kappa shape index (κ1) is 15.7. The lowest BCUT2D eigenvalue weighted by molar-refractivity contribution is -0.132. The van der Waals surface area contributed by atoms with Gasteiger partial charge in [0.2, 0.25) is 0 Å². The summed E-state index contributed by atoms with van der Waals surface area (Å²) in [5.41, 5.74) is 2.03. The molecule has 4 rings (SSSR count). The standard InChI is InChI=1S/C20H20N2O3/c1-25-16-9-4-6-14(12-16)13-22-18(23)20(21-19(22)24)11-5-8-15-7-2-3-10-17(15)20/h2-4,6-7,9-10,12H,5,8,11,13H2,1H3,(H,21,24)/t20-/m0/s1. The Bertz CT molecular complexity index is 848. The summed E-state index contributed by atoms with van der Waals surface area (Å²) in [5, 5.41) is 2.98. The lowest BCUT2D eigenvalue weighted by Crippen LogP contribution is -2.46. The fraction of sp³-hybridized carbons (Fsp3) is 0.300. The normalized spacial score (nSPS) is 22.0. The van der Waals surface area contributed by atoms with E-state index in [9.17, 15) is 9.59 Å². The van der Waals surface area contributed by atoms with Crippen LogP contribution in [0.4, 0.5) is 4.79 Å². The van der Waals surface area contributed by atoms with E-state index in [1.165, 1.54) is 4.90 Å². The number of nitrogens with zero attached hydrogens (tertiary/aromatic N) is 1. The number of urea groups is 1. The lowest BCUT2D eigenvalue weighted by atomic mass is 9.76. The zero-order valence-corrected chi connectivity index (χ0v) is 14.1. The number of carbonyl (C=O) groups excluding carboxylic acids is 2. The van der Waals surface area contributed by atoms with Crippen LogP contribution in [0.25, 0.3) is 0 Å². The van der Waals surface area contributed by atoms with Gasteiger partial charge >= 0.3 is 6.03 Å². The number of amides is 3.